The lowest BCUT2D eigenvalue weighted by atomic mass is 10.1. The third-order valence-corrected chi connectivity index (χ3v) is 6.13. The number of primary sulfonamides is 1. The smallest absolute Gasteiger partial charge is 0.275 e. The molecule has 0 saturated carbocycles. The number of aromatic nitrogens is 1. The number of hydrogen-bond acceptors (Lipinski definition) is 3. The van der Waals surface area contributed by atoms with Crippen LogP contribution in [0, 0.1) is 0 Å². The van der Waals surface area contributed by atoms with Gasteiger partial charge in [0, 0.05) is 32.6 Å². The van der Waals surface area contributed by atoms with Crippen LogP contribution in [0.3, 0.4) is 0 Å². The number of carbonyl (C=O) groups excluding carboxylic acids is 1. The van der Waals surface area contributed by atoms with Gasteiger partial charge in [0.15, 0.2) is 6.54 Å². The fourth-order valence-electron chi connectivity index (χ4n) is 3.78. The summed E-state index contributed by atoms with van der Waals surface area (Å²) in [5, 5.41) is 8.07. The largest absolute Gasteiger partial charge is 0.351 e. The Bertz CT molecular complexity index is 890. The lowest BCUT2D eigenvalue weighted by molar-refractivity contribution is -0.911. The molecule has 1 unspecified atom stereocenters. The molecule has 3 rings (SSSR count). The van der Waals surface area contributed by atoms with Crippen LogP contribution in [0.2, 0.25) is 0 Å². The summed E-state index contributed by atoms with van der Waals surface area (Å²) in [5.41, 5.74) is 2.24. The molecule has 1 fully saturated rings. The summed E-state index contributed by atoms with van der Waals surface area (Å²) in [6.07, 6.45) is 4.94. The molecular formula is C19H27N4O3S+. The van der Waals surface area contributed by atoms with Gasteiger partial charge in [-0.3, -0.25) is 4.79 Å². The number of nitrogens with one attached hydrogen (secondary N) is 2. The van der Waals surface area contributed by atoms with Crippen molar-refractivity contribution in [2.45, 2.75) is 30.2 Å². The molecule has 1 aliphatic rings. The van der Waals surface area contributed by atoms with Gasteiger partial charge < -0.3 is 14.8 Å². The van der Waals surface area contributed by atoms with Gasteiger partial charge in [-0.25, -0.2) is 13.6 Å². The maximum Gasteiger partial charge on any atom is 0.275 e. The Labute approximate surface area is 160 Å². The van der Waals surface area contributed by atoms with Crippen LogP contribution >= 0.6 is 0 Å². The van der Waals surface area contributed by atoms with E-state index in [0.717, 1.165) is 24.9 Å². The first kappa shape index (κ1) is 19.6. The first-order valence-electron chi connectivity index (χ1n) is 9.19. The van der Waals surface area contributed by atoms with Gasteiger partial charge in [-0.1, -0.05) is 12.1 Å². The van der Waals surface area contributed by atoms with Crippen molar-refractivity contribution in [1.29, 1.82) is 0 Å². The lowest BCUT2D eigenvalue weighted by Gasteiger charge is -2.21. The van der Waals surface area contributed by atoms with Gasteiger partial charge in [-0.2, -0.15) is 0 Å². The predicted molar refractivity (Wildman–Crippen MR) is 103 cm³/mol. The van der Waals surface area contributed by atoms with E-state index in [1.54, 1.807) is 12.1 Å². The van der Waals surface area contributed by atoms with Crippen molar-refractivity contribution in [3.05, 3.63) is 53.9 Å². The normalized spacial score (nSPS) is 19.9. The highest BCUT2D eigenvalue weighted by Gasteiger charge is 2.32. The van der Waals surface area contributed by atoms with Gasteiger partial charge in [-0.15, -0.1) is 0 Å². The zero-order valence-corrected chi connectivity index (χ0v) is 16.3. The second-order valence-corrected chi connectivity index (χ2v) is 8.67. The Balaban J connectivity index is 1.48. The molecule has 0 aliphatic carbocycles. The minimum absolute atomic E-state index is 0.0484. The molecule has 2 atom stereocenters. The molecule has 8 heteroatoms. The Morgan fingerprint density at radius 2 is 2.04 bits per heavy atom. The summed E-state index contributed by atoms with van der Waals surface area (Å²) in [7, 11) is -1.62. The van der Waals surface area contributed by atoms with Crippen LogP contribution in [0.25, 0.3) is 0 Å². The molecule has 1 aromatic heterocycles. The van der Waals surface area contributed by atoms with Crippen molar-refractivity contribution in [1.82, 2.24) is 9.88 Å². The summed E-state index contributed by atoms with van der Waals surface area (Å²) >= 11 is 0. The molecule has 27 heavy (non-hydrogen) atoms. The number of benzene rings is 1. The molecule has 0 bridgehead atoms. The van der Waals surface area contributed by atoms with E-state index in [0.29, 0.717) is 25.6 Å². The van der Waals surface area contributed by atoms with Crippen molar-refractivity contribution >= 4 is 15.9 Å². The van der Waals surface area contributed by atoms with Crippen molar-refractivity contribution in [2.75, 3.05) is 19.6 Å². The molecule has 2 heterocycles. The third-order valence-electron chi connectivity index (χ3n) is 5.20. The zero-order chi connectivity index (χ0) is 19.4. The molecule has 0 spiro atoms. The SMILES string of the molecule is Cn1cccc1[C@H]1CCC[NH+]1CC(=O)NCCc1ccc(S(N)(=O)=O)cc1. The minimum Gasteiger partial charge on any atom is -0.351 e. The van der Waals surface area contributed by atoms with E-state index < -0.39 is 10.0 Å². The standard InChI is InChI=1S/C19H26N4O3S/c1-22-12-2-4-17(22)18-5-3-13-23(18)14-19(24)21-11-10-15-6-8-16(9-7-15)27(20,25)26/h2,4,6-9,12,18H,3,5,10-11,13-14H2,1H3,(H,21,24)(H2,20,25,26)/p+1/t18-/m1/s1. The molecule has 2 aromatic rings. The Morgan fingerprint density at radius 1 is 1.30 bits per heavy atom. The number of sulfonamides is 1. The summed E-state index contributed by atoms with van der Waals surface area (Å²) in [6, 6.07) is 11.0. The number of amides is 1. The number of nitrogens with two attached hydrogens (primary N) is 1. The van der Waals surface area contributed by atoms with Crippen LogP contribution in [0.4, 0.5) is 0 Å². The Hall–Kier alpha value is -2.16. The van der Waals surface area contributed by atoms with Crippen molar-refractivity contribution in [3.63, 3.8) is 0 Å². The first-order valence-corrected chi connectivity index (χ1v) is 10.7. The Kier molecular flexibility index (Phi) is 5.98. The maximum absolute atomic E-state index is 12.3. The molecular weight excluding hydrogens is 364 g/mol. The van der Waals surface area contributed by atoms with E-state index in [2.05, 4.69) is 16.0 Å². The van der Waals surface area contributed by atoms with E-state index in [1.165, 1.54) is 22.7 Å². The highest BCUT2D eigenvalue weighted by Crippen LogP contribution is 2.18. The van der Waals surface area contributed by atoms with Gasteiger partial charge >= 0.3 is 0 Å². The number of rotatable bonds is 7. The average molecular weight is 392 g/mol. The van der Waals surface area contributed by atoms with E-state index in [1.807, 2.05) is 19.3 Å². The molecule has 7 nitrogen and oxygen atoms in total. The number of aryl methyl sites for hydroxylation is 1. The Morgan fingerprint density at radius 3 is 2.67 bits per heavy atom. The van der Waals surface area contributed by atoms with E-state index in [4.69, 9.17) is 5.14 Å². The molecule has 1 saturated heterocycles. The van der Waals surface area contributed by atoms with Crippen LogP contribution in [0.5, 0.6) is 0 Å². The van der Waals surface area contributed by atoms with Crippen LogP contribution in [0.1, 0.15) is 30.1 Å². The fraction of sp³-hybridized carbons (Fsp3) is 0.421. The molecule has 0 radical (unpaired) electrons. The maximum atomic E-state index is 12.3. The van der Waals surface area contributed by atoms with Crippen molar-refractivity contribution < 1.29 is 18.1 Å². The van der Waals surface area contributed by atoms with Gasteiger partial charge in [0.25, 0.3) is 5.91 Å². The summed E-state index contributed by atoms with van der Waals surface area (Å²) in [4.78, 5) is 13.7. The number of nitrogens with zero attached hydrogens (tertiary/aromatic N) is 1. The number of quaternary nitrogens is 1. The highest BCUT2D eigenvalue weighted by molar-refractivity contribution is 7.89. The van der Waals surface area contributed by atoms with Crippen molar-refractivity contribution in [3.8, 4) is 0 Å². The molecule has 1 amide bonds. The number of likely N-dealkylation sites (tertiary alicyclic amines) is 1. The van der Waals surface area contributed by atoms with E-state index in [-0.39, 0.29) is 10.8 Å². The number of hydrogen-bond donors (Lipinski definition) is 3. The molecule has 1 aromatic carbocycles. The summed E-state index contributed by atoms with van der Waals surface area (Å²) < 4.78 is 24.7. The van der Waals surface area contributed by atoms with Gasteiger partial charge in [0.2, 0.25) is 10.0 Å². The van der Waals surface area contributed by atoms with Crippen LogP contribution in [0.15, 0.2) is 47.5 Å². The second-order valence-electron chi connectivity index (χ2n) is 7.11. The predicted octanol–water partition coefficient (Wildman–Crippen LogP) is -0.249. The second kappa shape index (κ2) is 8.24. The fourth-order valence-corrected chi connectivity index (χ4v) is 4.29. The van der Waals surface area contributed by atoms with Crippen LogP contribution < -0.4 is 15.4 Å². The van der Waals surface area contributed by atoms with Crippen LogP contribution in [-0.2, 0) is 28.3 Å². The zero-order valence-electron chi connectivity index (χ0n) is 15.5. The lowest BCUT2D eigenvalue weighted by Crippen LogP contribution is -3.11. The quantitative estimate of drug-likeness (QED) is 0.607. The van der Waals surface area contributed by atoms with Gasteiger partial charge in [0.05, 0.1) is 17.1 Å². The van der Waals surface area contributed by atoms with Gasteiger partial charge in [0.1, 0.15) is 6.04 Å². The third kappa shape index (κ3) is 4.97. The number of carbonyl (C=O) groups is 1. The minimum atomic E-state index is -3.67. The molecule has 1 aliphatic heterocycles. The highest BCUT2D eigenvalue weighted by atomic mass is 32.2. The average Bonchev–Trinajstić information content (AvgIpc) is 3.23. The molecule has 146 valence electrons. The molecule has 4 N–H and O–H groups in total. The topological polar surface area (TPSA) is 98.6 Å². The summed E-state index contributed by atoms with van der Waals surface area (Å²) in [6.45, 7) is 2.01. The summed E-state index contributed by atoms with van der Waals surface area (Å²) in [5.74, 6) is 0.0484. The van der Waals surface area contributed by atoms with E-state index >= 15 is 0 Å². The van der Waals surface area contributed by atoms with Gasteiger partial charge in [-0.05, 0) is 36.2 Å². The monoisotopic (exact) mass is 391 g/mol. The first-order chi connectivity index (χ1) is 12.8. The van der Waals surface area contributed by atoms with E-state index in [9.17, 15) is 13.2 Å². The van der Waals surface area contributed by atoms with Crippen molar-refractivity contribution in [2.24, 2.45) is 12.2 Å². The van der Waals surface area contributed by atoms with Crippen LogP contribution in [-0.4, -0.2) is 38.5 Å².